The number of hydrogen-bond acceptors (Lipinski definition) is 5. The molecule has 0 aliphatic carbocycles. The van der Waals surface area contributed by atoms with E-state index in [0.29, 0.717) is 34.5 Å². The maximum Gasteiger partial charge on any atom is 0.354 e. The van der Waals surface area contributed by atoms with Gasteiger partial charge in [-0.1, -0.05) is 11.6 Å². The minimum atomic E-state index is -0.432. The average molecular weight is 385 g/mol. The van der Waals surface area contributed by atoms with Gasteiger partial charge < -0.3 is 18.1 Å². The quantitative estimate of drug-likeness (QED) is 0.463. The summed E-state index contributed by atoms with van der Waals surface area (Å²) in [5.74, 6) is 1.52. The Hall–Kier alpha value is -2.99. The zero-order valence-electron chi connectivity index (χ0n) is 15.1. The van der Waals surface area contributed by atoms with E-state index < -0.39 is 5.97 Å². The molecular weight excluding hydrogens is 368 g/mol. The Balaban J connectivity index is 1.76. The molecule has 0 spiro atoms. The van der Waals surface area contributed by atoms with E-state index in [2.05, 4.69) is 4.98 Å². The first-order chi connectivity index (χ1) is 13.0. The second-order valence-corrected chi connectivity index (χ2v) is 6.68. The molecule has 0 saturated carbocycles. The number of methoxy groups -OCH3 is 1. The molecule has 6 nitrogen and oxygen atoms in total. The number of halogens is 1. The van der Waals surface area contributed by atoms with Crippen LogP contribution in [-0.2, 0) is 11.3 Å². The number of benzene rings is 1. The molecule has 0 bridgehead atoms. The molecule has 0 fully saturated rings. The highest BCUT2D eigenvalue weighted by Gasteiger charge is 2.21. The van der Waals surface area contributed by atoms with Crippen LogP contribution in [0.4, 0.5) is 0 Å². The number of aryl methyl sites for hydroxylation is 2. The van der Waals surface area contributed by atoms with Gasteiger partial charge in [-0.25, -0.2) is 9.78 Å². The number of carbonyl (C=O) groups is 1. The molecule has 3 heterocycles. The highest BCUT2D eigenvalue weighted by atomic mass is 35.5. The maximum atomic E-state index is 12.2. The number of oxazole rings is 1. The van der Waals surface area contributed by atoms with Crippen molar-refractivity contribution in [3.8, 4) is 11.5 Å². The molecule has 0 aliphatic rings. The minimum Gasteiger partial charge on any atom is -0.464 e. The highest BCUT2D eigenvalue weighted by Crippen LogP contribution is 2.28. The summed E-state index contributed by atoms with van der Waals surface area (Å²) in [6, 6.07) is 10.8. The van der Waals surface area contributed by atoms with Crippen LogP contribution >= 0.6 is 11.6 Å². The fourth-order valence-electron chi connectivity index (χ4n) is 3.05. The van der Waals surface area contributed by atoms with Crippen molar-refractivity contribution in [3.63, 3.8) is 0 Å². The van der Waals surface area contributed by atoms with Gasteiger partial charge in [-0.3, -0.25) is 0 Å². The van der Waals surface area contributed by atoms with E-state index >= 15 is 0 Å². The third-order valence-corrected chi connectivity index (χ3v) is 4.65. The summed E-state index contributed by atoms with van der Waals surface area (Å²) in [6.07, 6.45) is 0. The van der Waals surface area contributed by atoms with E-state index in [1.807, 2.05) is 36.6 Å². The fourth-order valence-corrected chi connectivity index (χ4v) is 3.18. The summed E-state index contributed by atoms with van der Waals surface area (Å²) >= 11 is 5.94. The molecule has 0 N–H and O–H groups in total. The molecule has 4 aromatic rings. The van der Waals surface area contributed by atoms with Crippen LogP contribution in [0.3, 0.4) is 0 Å². The highest BCUT2D eigenvalue weighted by molar-refractivity contribution is 6.30. The van der Waals surface area contributed by atoms with Crippen molar-refractivity contribution < 1.29 is 18.4 Å². The minimum absolute atomic E-state index is 0.357. The Bertz CT molecular complexity index is 1140. The van der Waals surface area contributed by atoms with Crippen molar-refractivity contribution in [1.82, 2.24) is 9.55 Å². The van der Waals surface area contributed by atoms with E-state index in [0.717, 1.165) is 22.5 Å². The topological polar surface area (TPSA) is 70.4 Å². The van der Waals surface area contributed by atoms with Gasteiger partial charge in [0.05, 0.1) is 19.2 Å². The van der Waals surface area contributed by atoms with Crippen LogP contribution < -0.4 is 0 Å². The van der Waals surface area contributed by atoms with E-state index in [1.165, 1.54) is 7.11 Å². The summed E-state index contributed by atoms with van der Waals surface area (Å²) in [4.78, 5) is 16.8. The smallest absolute Gasteiger partial charge is 0.354 e. The summed E-state index contributed by atoms with van der Waals surface area (Å²) in [5.41, 5.74) is 3.40. The first-order valence-electron chi connectivity index (χ1n) is 8.36. The molecule has 1 aromatic carbocycles. The summed E-state index contributed by atoms with van der Waals surface area (Å²) in [7, 11) is 1.35. The average Bonchev–Trinajstić information content (AvgIpc) is 3.29. The number of nitrogens with zero attached hydrogens (tertiary/aromatic N) is 2. The number of furan rings is 1. The summed E-state index contributed by atoms with van der Waals surface area (Å²) in [5, 5.41) is 0.648. The van der Waals surface area contributed by atoms with Crippen molar-refractivity contribution in [1.29, 1.82) is 0 Å². The van der Waals surface area contributed by atoms with Gasteiger partial charge >= 0.3 is 5.97 Å². The fraction of sp³-hybridized carbons (Fsp3) is 0.200. The van der Waals surface area contributed by atoms with E-state index in [9.17, 15) is 4.79 Å². The van der Waals surface area contributed by atoms with Gasteiger partial charge in [0.2, 0.25) is 5.89 Å². The van der Waals surface area contributed by atoms with E-state index in [-0.39, 0.29) is 0 Å². The third kappa shape index (κ3) is 3.13. The number of rotatable bonds is 4. The van der Waals surface area contributed by atoms with Crippen LogP contribution in [0, 0.1) is 13.8 Å². The predicted molar refractivity (Wildman–Crippen MR) is 101 cm³/mol. The number of carbonyl (C=O) groups excluding carboxylic acids is 1. The summed E-state index contributed by atoms with van der Waals surface area (Å²) in [6.45, 7) is 4.07. The van der Waals surface area contributed by atoms with Gasteiger partial charge in [0.1, 0.15) is 22.9 Å². The third-order valence-electron chi connectivity index (χ3n) is 4.40. The van der Waals surface area contributed by atoms with Crippen molar-refractivity contribution in [2.75, 3.05) is 7.11 Å². The second kappa shape index (κ2) is 6.63. The molecule has 0 unspecified atom stereocenters. The Morgan fingerprint density at radius 3 is 2.63 bits per heavy atom. The first-order valence-corrected chi connectivity index (χ1v) is 8.74. The van der Waals surface area contributed by atoms with Crippen molar-refractivity contribution >= 4 is 28.7 Å². The molecule has 0 atom stereocenters. The second-order valence-electron chi connectivity index (χ2n) is 6.24. The van der Waals surface area contributed by atoms with Gasteiger partial charge in [0.15, 0.2) is 5.58 Å². The van der Waals surface area contributed by atoms with Gasteiger partial charge in [-0.15, -0.1) is 0 Å². The molecular formula is C20H17ClN2O4. The van der Waals surface area contributed by atoms with Gasteiger partial charge in [0, 0.05) is 22.7 Å². The van der Waals surface area contributed by atoms with Gasteiger partial charge in [-0.05, 0) is 38.1 Å². The molecule has 3 aromatic heterocycles. The van der Waals surface area contributed by atoms with Gasteiger partial charge in [-0.2, -0.15) is 0 Å². The van der Waals surface area contributed by atoms with Crippen molar-refractivity contribution in [2.24, 2.45) is 0 Å². The van der Waals surface area contributed by atoms with Crippen LogP contribution in [0.2, 0.25) is 5.02 Å². The monoisotopic (exact) mass is 384 g/mol. The lowest BCUT2D eigenvalue weighted by Gasteiger charge is -2.07. The molecule has 27 heavy (non-hydrogen) atoms. The molecule has 0 aliphatic heterocycles. The Morgan fingerprint density at radius 2 is 1.93 bits per heavy atom. The number of aromatic nitrogens is 2. The molecule has 0 saturated heterocycles. The molecule has 7 heteroatoms. The lowest BCUT2D eigenvalue weighted by atomic mass is 10.2. The number of hydrogen-bond donors (Lipinski definition) is 0. The number of ether oxygens (including phenoxy) is 1. The standard InChI is InChI=1S/C20H17ClN2O4/c1-11-8-16-18(26-11)9-17(20(24)25-3)23(16)10-15-12(2)27-19(22-15)13-4-6-14(21)7-5-13/h4-9H,10H2,1-3H3. The molecule has 4 rings (SSSR count). The normalized spacial score (nSPS) is 11.3. The van der Waals surface area contributed by atoms with Crippen LogP contribution in [0.25, 0.3) is 22.6 Å². The Morgan fingerprint density at radius 1 is 1.19 bits per heavy atom. The molecule has 0 amide bonds. The van der Waals surface area contributed by atoms with E-state index in [1.54, 1.807) is 18.2 Å². The van der Waals surface area contributed by atoms with Crippen LogP contribution in [-0.4, -0.2) is 22.6 Å². The lowest BCUT2D eigenvalue weighted by Crippen LogP contribution is -2.12. The van der Waals surface area contributed by atoms with Crippen LogP contribution in [0.15, 0.2) is 45.2 Å². The molecule has 138 valence electrons. The zero-order chi connectivity index (χ0) is 19.1. The van der Waals surface area contributed by atoms with Gasteiger partial charge in [0.25, 0.3) is 0 Å². The summed E-state index contributed by atoms with van der Waals surface area (Å²) < 4.78 is 18.2. The largest absolute Gasteiger partial charge is 0.464 e. The van der Waals surface area contributed by atoms with Crippen molar-refractivity contribution in [3.05, 3.63) is 64.3 Å². The van der Waals surface area contributed by atoms with Crippen LogP contribution in [0.1, 0.15) is 27.7 Å². The lowest BCUT2D eigenvalue weighted by molar-refractivity contribution is 0.0589. The molecule has 0 radical (unpaired) electrons. The van der Waals surface area contributed by atoms with Crippen LogP contribution in [0.5, 0.6) is 0 Å². The van der Waals surface area contributed by atoms with E-state index in [4.69, 9.17) is 25.2 Å². The first kappa shape index (κ1) is 17.4. The zero-order valence-corrected chi connectivity index (χ0v) is 15.8. The number of fused-ring (bicyclic) bond motifs is 1. The van der Waals surface area contributed by atoms with Crippen molar-refractivity contribution in [2.45, 2.75) is 20.4 Å². The predicted octanol–water partition coefficient (Wildman–Crippen LogP) is 4.99. The SMILES string of the molecule is COC(=O)c1cc2oc(C)cc2n1Cc1nc(-c2ccc(Cl)cc2)oc1C. The maximum absolute atomic E-state index is 12.2. The Kier molecular flexibility index (Phi) is 4.28. The number of esters is 1. The Labute approximate surface area is 160 Å².